The predicted molar refractivity (Wildman–Crippen MR) is 73.8 cm³/mol. The first-order valence-corrected chi connectivity index (χ1v) is 7.65. The second-order valence-corrected chi connectivity index (χ2v) is 8.72. The molecule has 0 N–H and O–H groups in total. The van der Waals surface area contributed by atoms with Crippen LogP contribution in [0.25, 0.3) is 0 Å². The Morgan fingerprint density at radius 2 is 2.06 bits per heavy atom. The van der Waals surface area contributed by atoms with E-state index in [1.807, 2.05) is 0 Å². The van der Waals surface area contributed by atoms with Gasteiger partial charge in [0.15, 0.2) is 0 Å². The lowest BCUT2D eigenvalue weighted by Gasteiger charge is -2.64. The third-order valence-electron chi connectivity index (χ3n) is 5.17. The van der Waals surface area contributed by atoms with Gasteiger partial charge in [-0.25, -0.2) is 0 Å². The van der Waals surface area contributed by atoms with Crippen molar-refractivity contribution in [2.75, 3.05) is 0 Å². The summed E-state index contributed by atoms with van der Waals surface area (Å²) in [5.41, 5.74) is 0.303. The Balaban J connectivity index is 1.87. The third kappa shape index (κ3) is 1.39. The number of halogens is 2. The molecule has 4 fully saturated rings. The summed E-state index contributed by atoms with van der Waals surface area (Å²) in [5.74, 6) is 1.43. The maximum Gasteiger partial charge on any atom is 0.487 e. The van der Waals surface area contributed by atoms with E-state index in [0.29, 0.717) is 11.3 Å². The van der Waals surface area contributed by atoms with Gasteiger partial charge in [-0.3, -0.25) is 0 Å². The molecule has 3 saturated carbocycles. The standard InChI is InChI=1S/C11H17BClIO2/c1-10(2)6-4-7(10)11(3)8(5-6)15-12(16-11)9(13)14/h6-9H,4-5H2,1-3H3/t6-,7-,8+,9?,11-/m0/s1. The highest BCUT2D eigenvalue weighted by Gasteiger charge is 2.68. The molecular formula is C11H17BClIO2. The number of hydrogen-bond acceptors (Lipinski definition) is 2. The van der Waals surface area contributed by atoms with Gasteiger partial charge in [-0.05, 0) is 37.0 Å². The SMILES string of the molecule is CC1(C)[C@@H]2C[C@H]3OB(C(Cl)I)O[C@@]3(C)[C@H]1C2. The van der Waals surface area contributed by atoms with E-state index in [9.17, 15) is 0 Å². The number of hydrogen-bond donors (Lipinski definition) is 0. The van der Waals surface area contributed by atoms with Gasteiger partial charge in [0.05, 0.1) is 11.7 Å². The van der Waals surface area contributed by atoms with Crippen LogP contribution < -0.4 is 0 Å². The molecule has 2 nitrogen and oxygen atoms in total. The van der Waals surface area contributed by atoms with Gasteiger partial charge in [0.2, 0.25) is 0 Å². The fourth-order valence-electron chi connectivity index (χ4n) is 4.00. The maximum absolute atomic E-state index is 6.14. The Kier molecular flexibility index (Phi) is 2.65. The minimum absolute atomic E-state index is 0.0969. The minimum Gasteiger partial charge on any atom is -0.404 e. The molecule has 1 saturated heterocycles. The van der Waals surface area contributed by atoms with E-state index < -0.39 is 0 Å². The molecule has 2 bridgehead atoms. The van der Waals surface area contributed by atoms with Gasteiger partial charge in [0.1, 0.15) is 3.28 Å². The van der Waals surface area contributed by atoms with E-state index in [4.69, 9.17) is 20.9 Å². The second-order valence-electron chi connectivity index (χ2n) is 6.17. The first kappa shape index (κ1) is 12.1. The molecule has 0 aromatic heterocycles. The zero-order valence-electron chi connectivity index (χ0n) is 9.87. The summed E-state index contributed by atoms with van der Waals surface area (Å²) in [7, 11) is -0.229. The summed E-state index contributed by atoms with van der Waals surface area (Å²) in [4.78, 5) is 0. The molecule has 0 radical (unpaired) electrons. The van der Waals surface area contributed by atoms with Crippen molar-refractivity contribution in [3.8, 4) is 0 Å². The van der Waals surface area contributed by atoms with E-state index in [-0.39, 0.29) is 22.1 Å². The van der Waals surface area contributed by atoms with Crippen LogP contribution >= 0.6 is 34.2 Å². The van der Waals surface area contributed by atoms with Crippen molar-refractivity contribution in [3.63, 3.8) is 0 Å². The van der Waals surface area contributed by atoms with Gasteiger partial charge in [-0.1, -0.05) is 36.4 Å². The van der Waals surface area contributed by atoms with Crippen molar-refractivity contribution >= 4 is 41.3 Å². The summed E-state index contributed by atoms with van der Waals surface area (Å²) in [5, 5.41) is 0. The fourth-order valence-corrected chi connectivity index (χ4v) is 4.43. The molecule has 1 heterocycles. The average molecular weight is 354 g/mol. The van der Waals surface area contributed by atoms with Crippen LogP contribution in [0.15, 0.2) is 0 Å². The topological polar surface area (TPSA) is 18.5 Å². The molecule has 0 spiro atoms. The van der Waals surface area contributed by atoms with Crippen molar-refractivity contribution in [1.29, 1.82) is 0 Å². The molecule has 1 unspecified atom stereocenters. The fraction of sp³-hybridized carbons (Fsp3) is 1.00. The maximum atomic E-state index is 6.14. The second kappa shape index (κ2) is 3.52. The lowest BCUT2D eigenvalue weighted by molar-refractivity contribution is -0.199. The Morgan fingerprint density at radius 1 is 1.38 bits per heavy atom. The van der Waals surface area contributed by atoms with Crippen molar-refractivity contribution in [2.24, 2.45) is 17.3 Å². The summed E-state index contributed by atoms with van der Waals surface area (Å²) in [6.07, 6.45) is 2.69. The van der Waals surface area contributed by atoms with Crippen LogP contribution in [0.3, 0.4) is 0 Å². The van der Waals surface area contributed by atoms with E-state index in [1.165, 1.54) is 6.42 Å². The average Bonchev–Trinajstić information content (AvgIpc) is 2.54. The Labute approximate surface area is 116 Å². The Bertz CT molecular complexity index is 325. The highest BCUT2D eigenvalue weighted by Crippen LogP contribution is 2.65. The molecule has 5 atom stereocenters. The van der Waals surface area contributed by atoms with Crippen LogP contribution in [0.1, 0.15) is 33.6 Å². The van der Waals surface area contributed by atoms with Gasteiger partial charge in [0.25, 0.3) is 0 Å². The predicted octanol–water partition coefficient (Wildman–Crippen LogP) is 3.25. The largest absolute Gasteiger partial charge is 0.487 e. The summed E-state index contributed by atoms with van der Waals surface area (Å²) < 4.78 is 12.0. The van der Waals surface area contributed by atoms with Crippen molar-refractivity contribution in [1.82, 2.24) is 0 Å². The Hall–Kier alpha value is 1.00. The van der Waals surface area contributed by atoms with Gasteiger partial charge in [0, 0.05) is 0 Å². The van der Waals surface area contributed by atoms with Crippen LogP contribution in [-0.2, 0) is 9.31 Å². The van der Waals surface area contributed by atoms with Crippen LogP contribution in [0, 0.1) is 17.3 Å². The highest BCUT2D eigenvalue weighted by atomic mass is 127. The van der Waals surface area contributed by atoms with E-state index in [1.54, 1.807) is 0 Å². The van der Waals surface area contributed by atoms with Crippen LogP contribution in [0.5, 0.6) is 0 Å². The number of rotatable bonds is 1. The quantitative estimate of drug-likeness (QED) is 0.409. The molecule has 4 aliphatic rings. The normalized spacial score (nSPS) is 50.8. The lowest BCUT2D eigenvalue weighted by atomic mass is 9.43. The lowest BCUT2D eigenvalue weighted by Crippen LogP contribution is -2.65. The van der Waals surface area contributed by atoms with Crippen molar-refractivity contribution in [3.05, 3.63) is 0 Å². The van der Waals surface area contributed by atoms with Crippen molar-refractivity contribution in [2.45, 2.75) is 48.6 Å². The van der Waals surface area contributed by atoms with Crippen LogP contribution in [-0.4, -0.2) is 22.1 Å². The van der Waals surface area contributed by atoms with Gasteiger partial charge in [-0.15, -0.1) is 11.6 Å². The van der Waals surface area contributed by atoms with Gasteiger partial charge >= 0.3 is 7.12 Å². The molecule has 16 heavy (non-hydrogen) atoms. The molecule has 0 amide bonds. The molecule has 4 rings (SSSR count). The number of alkyl halides is 2. The zero-order valence-corrected chi connectivity index (χ0v) is 12.8. The molecule has 1 aliphatic heterocycles. The zero-order chi connectivity index (χ0) is 11.7. The summed E-state index contributed by atoms with van der Waals surface area (Å²) in [6.45, 7) is 6.95. The first-order valence-electron chi connectivity index (χ1n) is 5.97. The monoisotopic (exact) mass is 354 g/mol. The molecule has 3 aliphatic carbocycles. The summed E-state index contributed by atoms with van der Waals surface area (Å²) >= 11 is 8.25. The molecule has 0 aromatic carbocycles. The van der Waals surface area contributed by atoms with E-state index in [2.05, 4.69) is 43.4 Å². The van der Waals surface area contributed by atoms with Gasteiger partial charge < -0.3 is 9.31 Å². The van der Waals surface area contributed by atoms with Crippen LogP contribution in [0.4, 0.5) is 0 Å². The molecule has 0 aromatic rings. The minimum atomic E-state index is -0.229. The smallest absolute Gasteiger partial charge is 0.404 e. The van der Waals surface area contributed by atoms with E-state index in [0.717, 1.165) is 12.3 Å². The summed E-state index contributed by atoms with van der Waals surface area (Å²) in [6, 6.07) is 0. The van der Waals surface area contributed by atoms with Gasteiger partial charge in [-0.2, -0.15) is 0 Å². The molecular weight excluding hydrogens is 337 g/mol. The third-order valence-corrected chi connectivity index (χ3v) is 5.97. The Morgan fingerprint density at radius 3 is 2.62 bits per heavy atom. The van der Waals surface area contributed by atoms with E-state index >= 15 is 0 Å². The first-order chi connectivity index (χ1) is 7.35. The van der Waals surface area contributed by atoms with Crippen LogP contribution in [0.2, 0.25) is 0 Å². The molecule has 90 valence electrons. The molecule has 5 heteroatoms. The van der Waals surface area contributed by atoms with Crippen molar-refractivity contribution < 1.29 is 9.31 Å². The highest BCUT2D eigenvalue weighted by molar-refractivity contribution is 14.1.